The van der Waals surface area contributed by atoms with Crippen molar-refractivity contribution in [3.05, 3.63) is 28.8 Å². The smallest absolute Gasteiger partial charge is 0.223 e. The maximum atomic E-state index is 11.9. The average Bonchev–Trinajstić information content (AvgIpc) is 2.49. The molecular weight excluding hydrogens is 323 g/mol. The van der Waals surface area contributed by atoms with Crippen molar-refractivity contribution in [2.24, 2.45) is 5.92 Å². The summed E-state index contributed by atoms with van der Waals surface area (Å²) in [6.45, 7) is 5.11. The molecule has 0 radical (unpaired) electrons. The van der Waals surface area contributed by atoms with E-state index in [9.17, 15) is 4.79 Å². The van der Waals surface area contributed by atoms with Gasteiger partial charge in [0.15, 0.2) is 0 Å². The van der Waals surface area contributed by atoms with E-state index in [1.54, 1.807) is 0 Å². The van der Waals surface area contributed by atoms with Gasteiger partial charge in [-0.05, 0) is 63.0 Å². The predicted octanol–water partition coefficient (Wildman–Crippen LogP) is 2.95. The molecule has 0 spiro atoms. The van der Waals surface area contributed by atoms with Crippen molar-refractivity contribution < 1.29 is 9.53 Å². The number of benzene rings is 1. The van der Waals surface area contributed by atoms with E-state index in [0.717, 1.165) is 43.7 Å². The Labute approximate surface area is 143 Å². The molecule has 1 saturated heterocycles. The number of ether oxygens (including phenoxy) is 1. The molecule has 1 aromatic rings. The lowest BCUT2D eigenvalue weighted by Gasteiger charge is -2.21. The Bertz CT molecular complexity index is 477. The molecule has 6 heteroatoms. The molecule has 0 unspecified atom stereocenters. The van der Waals surface area contributed by atoms with E-state index in [-0.39, 0.29) is 24.2 Å². The van der Waals surface area contributed by atoms with Crippen molar-refractivity contribution in [1.29, 1.82) is 0 Å². The number of carbonyl (C=O) groups is 1. The number of aryl methyl sites for hydroxylation is 1. The summed E-state index contributed by atoms with van der Waals surface area (Å²) in [5.41, 5.74) is 1.03. The highest BCUT2D eigenvalue weighted by Gasteiger charge is 2.19. The Morgan fingerprint density at radius 3 is 2.82 bits per heavy atom. The Kier molecular flexibility index (Phi) is 8.61. The zero-order valence-electron chi connectivity index (χ0n) is 12.9. The van der Waals surface area contributed by atoms with Gasteiger partial charge in [-0.1, -0.05) is 11.6 Å². The second kappa shape index (κ2) is 9.93. The van der Waals surface area contributed by atoms with Gasteiger partial charge in [0.1, 0.15) is 5.75 Å². The summed E-state index contributed by atoms with van der Waals surface area (Å²) in [5.74, 6) is 1.20. The van der Waals surface area contributed by atoms with Crippen molar-refractivity contribution in [1.82, 2.24) is 10.6 Å². The molecule has 1 aliphatic heterocycles. The molecule has 0 aliphatic carbocycles. The molecular formula is C16H24Cl2N2O2. The number of nitrogens with one attached hydrogen (secondary N) is 2. The van der Waals surface area contributed by atoms with Crippen LogP contribution in [0.3, 0.4) is 0 Å². The molecule has 0 aromatic heterocycles. The highest BCUT2D eigenvalue weighted by Crippen LogP contribution is 2.21. The standard InChI is InChI=1S/C16H23ClN2O2.ClH/c1-12-11-14(17)3-4-15(12)21-10-2-7-19-16(20)13-5-8-18-9-6-13;/h3-4,11,13,18H,2,5-10H2,1H3,(H,19,20);1H. The number of carbonyl (C=O) groups excluding carboxylic acids is 1. The molecule has 0 bridgehead atoms. The van der Waals surface area contributed by atoms with Gasteiger partial charge in [-0.15, -0.1) is 12.4 Å². The van der Waals surface area contributed by atoms with Gasteiger partial charge < -0.3 is 15.4 Å². The van der Waals surface area contributed by atoms with Crippen LogP contribution >= 0.6 is 24.0 Å². The van der Waals surface area contributed by atoms with Crippen molar-refractivity contribution >= 4 is 29.9 Å². The minimum Gasteiger partial charge on any atom is -0.493 e. The van der Waals surface area contributed by atoms with Crippen LogP contribution in [0.15, 0.2) is 18.2 Å². The molecule has 0 saturated carbocycles. The summed E-state index contributed by atoms with van der Waals surface area (Å²) < 4.78 is 5.70. The van der Waals surface area contributed by atoms with E-state index in [1.165, 1.54) is 0 Å². The van der Waals surface area contributed by atoms with Crippen LogP contribution in [0.1, 0.15) is 24.8 Å². The van der Waals surface area contributed by atoms with E-state index in [2.05, 4.69) is 10.6 Å². The molecule has 1 aliphatic rings. The molecule has 2 rings (SSSR count). The topological polar surface area (TPSA) is 50.4 Å². The van der Waals surface area contributed by atoms with Gasteiger partial charge in [0, 0.05) is 17.5 Å². The number of piperidine rings is 1. The largest absolute Gasteiger partial charge is 0.493 e. The van der Waals surface area contributed by atoms with Gasteiger partial charge in [-0.3, -0.25) is 4.79 Å². The van der Waals surface area contributed by atoms with Crippen molar-refractivity contribution in [2.45, 2.75) is 26.2 Å². The predicted molar refractivity (Wildman–Crippen MR) is 92.2 cm³/mol. The normalized spacial score (nSPS) is 15.0. The van der Waals surface area contributed by atoms with Gasteiger partial charge in [0.25, 0.3) is 0 Å². The van der Waals surface area contributed by atoms with Crippen molar-refractivity contribution in [3.63, 3.8) is 0 Å². The zero-order chi connectivity index (χ0) is 15.1. The lowest BCUT2D eigenvalue weighted by molar-refractivity contribution is -0.125. The zero-order valence-corrected chi connectivity index (χ0v) is 14.4. The third kappa shape index (κ3) is 6.03. The first-order chi connectivity index (χ1) is 10.2. The van der Waals surface area contributed by atoms with Gasteiger partial charge in [0.05, 0.1) is 6.61 Å². The van der Waals surface area contributed by atoms with Crippen molar-refractivity contribution in [3.8, 4) is 5.75 Å². The minimum absolute atomic E-state index is 0. The SMILES string of the molecule is Cc1cc(Cl)ccc1OCCCNC(=O)C1CCNCC1.Cl. The number of rotatable bonds is 6. The molecule has 1 amide bonds. The van der Waals surface area contributed by atoms with Crippen LogP contribution in [0.5, 0.6) is 5.75 Å². The van der Waals surface area contributed by atoms with Crippen LogP contribution in [0.2, 0.25) is 5.02 Å². The summed E-state index contributed by atoms with van der Waals surface area (Å²) in [6, 6.07) is 5.59. The Morgan fingerprint density at radius 2 is 2.14 bits per heavy atom. The Balaban J connectivity index is 0.00000242. The summed E-state index contributed by atoms with van der Waals surface area (Å²) in [4.78, 5) is 11.9. The number of halogens is 2. The fourth-order valence-corrected chi connectivity index (χ4v) is 2.70. The molecule has 0 atom stereocenters. The summed E-state index contributed by atoms with van der Waals surface area (Å²) >= 11 is 5.90. The lowest BCUT2D eigenvalue weighted by Crippen LogP contribution is -2.38. The molecule has 22 heavy (non-hydrogen) atoms. The first-order valence-electron chi connectivity index (χ1n) is 7.54. The highest BCUT2D eigenvalue weighted by atomic mass is 35.5. The second-order valence-corrected chi connectivity index (χ2v) is 5.86. The average molecular weight is 347 g/mol. The fourth-order valence-electron chi connectivity index (χ4n) is 2.47. The van der Waals surface area contributed by atoms with Crippen LogP contribution in [-0.2, 0) is 4.79 Å². The van der Waals surface area contributed by atoms with E-state index in [4.69, 9.17) is 16.3 Å². The van der Waals surface area contributed by atoms with E-state index >= 15 is 0 Å². The summed E-state index contributed by atoms with van der Waals surface area (Å²) in [5, 5.41) is 6.98. The van der Waals surface area contributed by atoms with E-state index in [0.29, 0.717) is 18.2 Å². The maximum Gasteiger partial charge on any atom is 0.223 e. The van der Waals surface area contributed by atoms with Gasteiger partial charge in [0.2, 0.25) is 5.91 Å². The van der Waals surface area contributed by atoms with Gasteiger partial charge >= 0.3 is 0 Å². The Morgan fingerprint density at radius 1 is 1.41 bits per heavy atom. The second-order valence-electron chi connectivity index (χ2n) is 5.43. The van der Waals surface area contributed by atoms with Crippen molar-refractivity contribution in [2.75, 3.05) is 26.2 Å². The van der Waals surface area contributed by atoms with Crippen LogP contribution in [0, 0.1) is 12.8 Å². The monoisotopic (exact) mass is 346 g/mol. The van der Waals surface area contributed by atoms with Crippen LogP contribution < -0.4 is 15.4 Å². The van der Waals surface area contributed by atoms with E-state index in [1.807, 2.05) is 25.1 Å². The molecule has 2 N–H and O–H groups in total. The molecule has 1 aromatic carbocycles. The molecule has 124 valence electrons. The number of amides is 1. The number of hydrogen-bond acceptors (Lipinski definition) is 3. The lowest BCUT2D eigenvalue weighted by atomic mass is 9.97. The quantitative estimate of drug-likeness (QED) is 0.778. The maximum absolute atomic E-state index is 11.9. The highest BCUT2D eigenvalue weighted by molar-refractivity contribution is 6.30. The van der Waals surface area contributed by atoms with Crippen LogP contribution in [0.25, 0.3) is 0 Å². The first kappa shape index (κ1) is 19.1. The third-order valence-electron chi connectivity index (χ3n) is 3.72. The van der Waals surface area contributed by atoms with E-state index < -0.39 is 0 Å². The van der Waals surface area contributed by atoms with Crippen LogP contribution in [-0.4, -0.2) is 32.1 Å². The first-order valence-corrected chi connectivity index (χ1v) is 7.92. The van der Waals surface area contributed by atoms with Gasteiger partial charge in [-0.25, -0.2) is 0 Å². The molecule has 4 nitrogen and oxygen atoms in total. The minimum atomic E-state index is 0. The third-order valence-corrected chi connectivity index (χ3v) is 3.96. The molecule has 1 heterocycles. The number of hydrogen-bond donors (Lipinski definition) is 2. The fraction of sp³-hybridized carbons (Fsp3) is 0.562. The van der Waals surface area contributed by atoms with Crippen LogP contribution in [0.4, 0.5) is 0 Å². The summed E-state index contributed by atoms with van der Waals surface area (Å²) in [7, 11) is 0. The summed E-state index contributed by atoms with van der Waals surface area (Å²) in [6.07, 6.45) is 2.68. The Hall–Kier alpha value is -0.970. The van der Waals surface area contributed by atoms with Gasteiger partial charge in [-0.2, -0.15) is 0 Å². The molecule has 1 fully saturated rings.